The van der Waals surface area contributed by atoms with Crippen molar-refractivity contribution >= 4 is 40.9 Å². The zero-order valence-electron chi connectivity index (χ0n) is 19.1. The lowest BCUT2D eigenvalue weighted by Gasteiger charge is -2.53. The topological polar surface area (TPSA) is 182 Å². The predicted octanol–water partition coefficient (Wildman–Crippen LogP) is -0.299. The first-order chi connectivity index (χ1) is 16.4. The van der Waals surface area contributed by atoms with Gasteiger partial charge < -0.3 is 36.2 Å². The number of aliphatic hydroxyl groups is 4. The van der Waals surface area contributed by atoms with Gasteiger partial charge in [-0.2, -0.15) is 0 Å². The Morgan fingerprint density at radius 2 is 1.94 bits per heavy atom. The number of halogens is 1. The SMILES string of the molecule is CN(C)[C@@H]1C(O)C(C(N)=O)C(=O)[C@@]2(O)C(=O)C3=C(O)c4c(O)ccc(/C=C(\Cl)CO)c4CC3CC12. The van der Waals surface area contributed by atoms with Crippen molar-refractivity contribution in [3.05, 3.63) is 39.4 Å². The summed E-state index contributed by atoms with van der Waals surface area (Å²) in [6.07, 6.45) is 0.0960. The zero-order valence-corrected chi connectivity index (χ0v) is 19.9. The molecule has 10 nitrogen and oxygen atoms in total. The van der Waals surface area contributed by atoms with Gasteiger partial charge in [-0.3, -0.25) is 14.4 Å². The third-order valence-corrected chi connectivity index (χ3v) is 7.70. The van der Waals surface area contributed by atoms with Crippen LogP contribution in [0.15, 0.2) is 22.7 Å². The quantitative estimate of drug-likeness (QED) is 0.299. The van der Waals surface area contributed by atoms with Gasteiger partial charge in [0.2, 0.25) is 11.7 Å². The molecule has 0 bridgehead atoms. The van der Waals surface area contributed by atoms with Gasteiger partial charge in [-0.15, -0.1) is 0 Å². The van der Waals surface area contributed by atoms with E-state index in [4.69, 9.17) is 17.3 Å². The maximum atomic E-state index is 13.7. The minimum Gasteiger partial charge on any atom is -0.507 e. The van der Waals surface area contributed by atoms with Gasteiger partial charge >= 0.3 is 0 Å². The number of rotatable bonds is 4. The van der Waals surface area contributed by atoms with E-state index >= 15 is 0 Å². The van der Waals surface area contributed by atoms with Crippen LogP contribution < -0.4 is 5.73 Å². The first-order valence-corrected chi connectivity index (χ1v) is 11.4. The molecule has 0 saturated heterocycles. The van der Waals surface area contributed by atoms with Crippen molar-refractivity contribution in [3.8, 4) is 5.75 Å². The van der Waals surface area contributed by atoms with Crippen LogP contribution in [-0.2, 0) is 20.8 Å². The maximum Gasteiger partial charge on any atom is 0.230 e. The highest BCUT2D eigenvalue weighted by Crippen LogP contribution is 2.52. The molecule has 0 spiro atoms. The first-order valence-electron chi connectivity index (χ1n) is 11.1. The van der Waals surface area contributed by atoms with Crippen LogP contribution in [0.2, 0.25) is 0 Å². The lowest BCUT2D eigenvalue weighted by atomic mass is 9.54. The van der Waals surface area contributed by atoms with E-state index in [-0.39, 0.29) is 34.8 Å². The number of carbonyl (C=O) groups excluding carboxylic acids is 3. The van der Waals surface area contributed by atoms with E-state index in [0.29, 0.717) is 11.1 Å². The Kier molecular flexibility index (Phi) is 6.31. The van der Waals surface area contributed by atoms with Crippen LogP contribution in [-0.4, -0.2) is 86.4 Å². The highest BCUT2D eigenvalue weighted by molar-refractivity contribution is 6.31. The fourth-order valence-corrected chi connectivity index (χ4v) is 6.10. The molecule has 4 unspecified atom stereocenters. The molecule has 7 N–H and O–H groups in total. The number of amides is 1. The normalized spacial score (nSPS) is 32.9. The molecule has 0 heterocycles. The summed E-state index contributed by atoms with van der Waals surface area (Å²) < 4.78 is 0. The Balaban J connectivity index is 1.93. The monoisotopic (exact) mass is 506 g/mol. The molecule has 0 radical (unpaired) electrons. The van der Waals surface area contributed by atoms with Crippen LogP contribution in [0.1, 0.15) is 23.1 Å². The van der Waals surface area contributed by atoms with Gasteiger partial charge in [0.05, 0.1) is 18.3 Å². The van der Waals surface area contributed by atoms with E-state index in [9.17, 15) is 39.9 Å². The summed E-state index contributed by atoms with van der Waals surface area (Å²) in [5.74, 6) is -7.94. The fourth-order valence-electron chi connectivity index (χ4n) is 5.98. The van der Waals surface area contributed by atoms with Crippen molar-refractivity contribution in [1.29, 1.82) is 0 Å². The summed E-state index contributed by atoms with van der Waals surface area (Å²) in [6.45, 7) is -0.424. The number of ketones is 2. The molecule has 11 heteroatoms. The minimum atomic E-state index is -2.70. The van der Waals surface area contributed by atoms with Crippen molar-refractivity contribution < 1.29 is 39.9 Å². The number of nitrogens with zero attached hydrogens (tertiary/aromatic N) is 1. The number of nitrogens with two attached hydrogens (primary N) is 1. The summed E-state index contributed by atoms with van der Waals surface area (Å²) >= 11 is 5.99. The van der Waals surface area contributed by atoms with Crippen LogP contribution in [0, 0.1) is 17.8 Å². The molecule has 4 rings (SSSR count). The number of phenolic OH excluding ortho intramolecular Hbond substituents is 1. The van der Waals surface area contributed by atoms with Gasteiger partial charge in [0.1, 0.15) is 17.4 Å². The third kappa shape index (κ3) is 3.59. The maximum absolute atomic E-state index is 13.7. The van der Waals surface area contributed by atoms with Crippen molar-refractivity contribution in [2.75, 3.05) is 20.7 Å². The first kappa shape index (κ1) is 25.3. The minimum absolute atomic E-state index is 0.0186. The highest BCUT2D eigenvalue weighted by atomic mass is 35.5. The number of primary amides is 1. The molecule has 6 atom stereocenters. The molecule has 0 aromatic heterocycles. The Morgan fingerprint density at radius 1 is 1.29 bits per heavy atom. The van der Waals surface area contributed by atoms with Crippen molar-refractivity contribution in [2.45, 2.75) is 30.6 Å². The van der Waals surface area contributed by atoms with E-state index < -0.39 is 65.3 Å². The van der Waals surface area contributed by atoms with E-state index in [1.807, 2.05) is 0 Å². The van der Waals surface area contributed by atoms with Gasteiger partial charge in [0.25, 0.3) is 0 Å². The Bertz CT molecular complexity index is 1190. The van der Waals surface area contributed by atoms with E-state index in [1.54, 1.807) is 20.2 Å². The summed E-state index contributed by atoms with van der Waals surface area (Å²) in [5, 5.41) is 53.5. The van der Waals surface area contributed by atoms with E-state index in [1.165, 1.54) is 17.0 Å². The predicted molar refractivity (Wildman–Crippen MR) is 125 cm³/mol. The van der Waals surface area contributed by atoms with Gasteiger partial charge in [-0.1, -0.05) is 17.7 Å². The fraction of sp³-hybridized carbons (Fsp3) is 0.458. The van der Waals surface area contributed by atoms with Crippen molar-refractivity contribution in [1.82, 2.24) is 4.90 Å². The van der Waals surface area contributed by atoms with Crippen molar-refractivity contribution in [2.24, 2.45) is 23.5 Å². The summed E-state index contributed by atoms with van der Waals surface area (Å²) in [5.41, 5.74) is 3.37. The van der Waals surface area contributed by atoms with Crippen LogP contribution in [0.4, 0.5) is 0 Å². The second-order valence-electron chi connectivity index (χ2n) is 9.57. The number of aromatic hydroxyl groups is 1. The lowest BCUT2D eigenvalue weighted by molar-refractivity contribution is -0.184. The molecule has 35 heavy (non-hydrogen) atoms. The molecule has 1 aromatic carbocycles. The Morgan fingerprint density at radius 3 is 2.51 bits per heavy atom. The largest absolute Gasteiger partial charge is 0.507 e. The summed E-state index contributed by atoms with van der Waals surface area (Å²) in [4.78, 5) is 40.6. The number of Topliss-reactive ketones (excluding diaryl/α,β-unsaturated/α-hetero) is 2. The average molecular weight is 507 g/mol. The smallest absolute Gasteiger partial charge is 0.230 e. The number of fused-ring (bicyclic) bond motifs is 3. The average Bonchev–Trinajstić information content (AvgIpc) is 2.77. The highest BCUT2D eigenvalue weighted by Gasteiger charge is 2.67. The molecule has 188 valence electrons. The third-order valence-electron chi connectivity index (χ3n) is 7.47. The number of aliphatic hydroxyl groups excluding tert-OH is 3. The molecule has 0 aliphatic heterocycles. The molecule has 2 saturated carbocycles. The number of likely N-dealkylation sites (N-methyl/N-ethyl adjacent to an activating group) is 1. The number of carbonyl (C=O) groups is 3. The molecule has 2 fully saturated rings. The van der Waals surface area contributed by atoms with Crippen molar-refractivity contribution in [3.63, 3.8) is 0 Å². The molecular formula is C24H27ClN2O8. The number of hydrogen-bond acceptors (Lipinski definition) is 9. The van der Waals surface area contributed by atoms with Crippen LogP contribution in [0.3, 0.4) is 0 Å². The second kappa shape index (κ2) is 8.72. The summed E-state index contributed by atoms with van der Waals surface area (Å²) in [7, 11) is 3.17. The van der Waals surface area contributed by atoms with Gasteiger partial charge in [-0.25, -0.2) is 0 Å². The van der Waals surface area contributed by atoms with Crippen LogP contribution in [0.25, 0.3) is 11.8 Å². The molecular weight excluding hydrogens is 480 g/mol. The molecule has 3 aliphatic rings. The molecule has 1 amide bonds. The van der Waals surface area contributed by atoms with Gasteiger partial charge in [0.15, 0.2) is 11.4 Å². The summed E-state index contributed by atoms with van der Waals surface area (Å²) in [6, 6.07) is 1.89. The standard InChI is InChI=1S/C24H27ClN2O8/c1-27(2)18-13-7-10-6-12-9(5-11(25)8-28)3-4-14(29)16(12)19(30)15(10)21(32)24(13,35)22(33)17(20(18)31)23(26)34/h3-5,10,13,17-18,20,28-31,35H,6-8H2,1-2H3,(H2,26,34)/b11-5-/t10?,13?,17?,18-,20?,24-/m0/s1. The zero-order chi connectivity index (χ0) is 26.0. The number of benzene rings is 1. The van der Waals surface area contributed by atoms with Crippen LogP contribution >= 0.6 is 11.6 Å². The molecule has 1 aromatic rings. The Labute approximate surface area is 205 Å². The lowest BCUT2D eigenvalue weighted by Crippen LogP contribution is -2.73. The van der Waals surface area contributed by atoms with Gasteiger partial charge in [0, 0.05) is 22.6 Å². The Hall–Kier alpha value is -2.76. The molecule has 3 aliphatic carbocycles. The van der Waals surface area contributed by atoms with Crippen LogP contribution in [0.5, 0.6) is 5.75 Å². The number of hydrogen-bond donors (Lipinski definition) is 6. The van der Waals surface area contributed by atoms with Gasteiger partial charge in [-0.05, 0) is 56.1 Å². The second-order valence-corrected chi connectivity index (χ2v) is 10.1. The van der Waals surface area contributed by atoms with E-state index in [0.717, 1.165) is 0 Å². The van der Waals surface area contributed by atoms with E-state index in [2.05, 4.69) is 0 Å². The number of phenols is 1.